The smallest absolute Gasteiger partial charge is 0.305 e. The van der Waals surface area contributed by atoms with Gasteiger partial charge in [0.25, 0.3) is 0 Å². The van der Waals surface area contributed by atoms with Crippen LogP contribution in [0.15, 0.2) is 0 Å². The van der Waals surface area contributed by atoms with Crippen molar-refractivity contribution in [1.82, 2.24) is 10.6 Å². The molecule has 0 radical (unpaired) electrons. The summed E-state index contributed by atoms with van der Waals surface area (Å²) < 4.78 is 0. The third kappa shape index (κ3) is 3.48. The number of carbonyl (C=O) groups is 2. The first kappa shape index (κ1) is 13.0. The van der Waals surface area contributed by atoms with E-state index in [-0.39, 0.29) is 24.3 Å². The summed E-state index contributed by atoms with van der Waals surface area (Å²) in [5, 5.41) is 14.7. The van der Waals surface area contributed by atoms with Crippen molar-refractivity contribution in [1.29, 1.82) is 0 Å². The number of carboxylic acid groups (broad SMARTS) is 1. The van der Waals surface area contributed by atoms with E-state index in [1.54, 1.807) is 0 Å². The predicted octanol–water partition coefficient (Wildman–Crippen LogP) is 0.211. The Labute approximate surface area is 95.6 Å². The minimum atomic E-state index is -0.871. The number of nitrogens with one attached hydrogen (secondary N) is 2. The second kappa shape index (κ2) is 5.84. The van der Waals surface area contributed by atoms with Gasteiger partial charge >= 0.3 is 5.97 Å². The van der Waals surface area contributed by atoms with Crippen LogP contribution in [0.5, 0.6) is 0 Å². The number of hydrogen-bond acceptors (Lipinski definition) is 3. The van der Waals surface area contributed by atoms with E-state index in [1.165, 1.54) is 0 Å². The highest BCUT2D eigenvalue weighted by Gasteiger charge is 2.30. The van der Waals surface area contributed by atoms with Crippen molar-refractivity contribution < 1.29 is 14.7 Å². The fraction of sp³-hybridized carbons (Fsp3) is 0.818. The van der Waals surface area contributed by atoms with Gasteiger partial charge in [-0.1, -0.05) is 13.8 Å². The molecular weight excluding hydrogens is 208 g/mol. The Hall–Kier alpha value is -1.10. The molecule has 1 aliphatic heterocycles. The second-order valence-electron chi connectivity index (χ2n) is 4.45. The van der Waals surface area contributed by atoms with Crippen molar-refractivity contribution in [2.24, 2.45) is 11.8 Å². The van der Waals surface area contributed by atoms with Crippen LogP contribution in [-0.2, 0) is 9.59 Å². The van der Waals surface area contributed by atoms with Crippen molar-refractivity contribution >= 4 is 11.9 Å². The first-order chi connectivity index (χ1) is 7.54. The Kier molecular flexibility index (Phi) is 4.73. The summed E-state index contributed by atoms with van der Waals surface area (Å²) in [4.78, 5) is 22.4. The zero-order valence-corrected chi connectivity index (χ0v) is 9.82. The molecule has 0 spiro atoms. The van der Waals surface area contributed by atoms with Gasteiger partial charge in [0.15, 0.2) is 0 Å². The van der Waals surface area contributed by atoms with Crippen molar-refractivity contribution in [3.8, 4) is 0 Å². The van der Waals surface area contributed by atoms with Crippen LogP contribution in [-0.4, -0.2) is 36.1 Å². The molecule has 1 fully saturated rings. The van der Waals surface area contributed by atoms with Gasteiger partial charge in [-0.05, 0) is 18.9 Å². The number of carbonyl (C=O) groups excluding carboxylic acids is 1. The highest BCUT2D eigenvalue weighted by Crippen LogP contribution is 2.16. The van der Waals surface area contributed by atoms with Crippen molar-refractivity contribution in [3.05, 3.63) is 0 Å². The van der Waals surface area contributed by atoms with Gasteiger partial charge in [-0.2, -0.15) is 0 Å². The molecule has 1 amide bonds. The summed E-state index contributed by atoms with van der Waals surface area (Å²) in [6.07, 6.45) is 0.642. The Morgan fingerprint density at radius 3 is 2.62 bits per heavy atom. The van der Waals surface area contributed by atoms with Crippen LogP contribution < -0.4 is 10.6 Å². The van der Waals surface area contributed by atoms with E-state index in [0.29, 0.717) is 18.9 Å². The van der Waals surface area contributed by atoms with Crippen LogP contribution in [0.3, 0.4) is 0 Å². The summed E-state index contributed by atoms with van der Waals surface area (Å²) in [5.74, 6) is -0.597. The average Bonchev–Trinajstić information content (AvgIpc) is 2.62. The lowest BCUT2D eigenvalue weighted by Gasteiger charge is -2.19. The number of rotatable bonds is 5. The van der Waals surface area contributed by atoms with E-state index in [9.17, 15) is 9.59 Å². The number of aliphatic carboxylic acids is 1. The Bertz CT molecular complexity index is 268. The van der Waals surface area contributed by atoms with E-state index < -0.39 is 5.97 Å². The molecule has 0 saturated carbocycles. The normalized spacial score (nSPS) is 26.4. The van der Waals surface area contributed by atoms with Gasteiger partial charge in [0.05, 0.1) is 12.3 Å². The summed E-state index contributed by atoms with van der Waals surface area (Å²) >= 11 is 0. The molecule has 0 aromatic rings. The SMILES string of the molecule is CCC(CC(=O)O)NC(=O)C1CNCC1C. The predicted molar refractivity (Wildman–Crippen MR) is 60.0 cm³/mol. The monoisotopic (exact) mass is 228 g/mol. The van der Waals surface area contributed by atoms with Crippen LogP contribution in [0.1, 0.15) is 26.7 Å². The lowest BCUT2D eigenvalue weighted by molar-refractivity contribution is -0.137. The van der Waals surface area contributed by atoms with Crippen LogP contribution in [0.4, 0.5) is 0 Å². The van der Waals surface area contributed by atoms with E-state index >= 15 is 0 Å². The topological polar surface area (TPSA) is 78.4 Å². The Balaban J connectivity index is 2.45. The molecule has 1 rings (SSSR count). The van der Waals surface area contributed by atoms with Gasteiger partial charge in [0.1, 0.15) is 0 Å². The molecule has 0 aromatic heterocycles. The molecule has 3 atom stereocenters. The highest BCUT2D eigenvalue weighted by molar-refractivity contribution is 5.80. The fourth-order valence-corrected chi connectivity index (χ4v) is 1.98. The molecule has 5 nitrogen and oxygen atoms in total. The molecule has 0 bridgehead atoms. The Morgan fingerprint density at radius 2 is 2.19 bits per heavy atom. The quantitative estimate of drug-likeness (QED) is 0.628. The standard InChI is InChI=1S/C11H20N2O3/c1-3-8(4-10(14)15)13-11(16)9-6-12-5-7(9)2/h7-9,12H,3-6H2,1-2H3,(H,13,16)(H,14,15). The maximum atomic E-state index is 11.9. The summed E-state index contributed by atoms with van der Waals surface area (Å²) in [7, 11) is 0. The highest BCUT2D eigenvalue weighted by atomic mass is 16.4. The van der Waals surface area contributed by atoms with Crippen LogP contribution in [0.2, 0.25) is 0 Å². The maximum Gasteiger partial charge on any atom is 0.305 e. The molecule has 3 N–H and O–H groups in total. The largest absolute Gasteiger partial charge is 0.481 e. The van der Waals surface area contributed by atoms with Gasteiger partial charge in [0, 0.05) is 12.6 Å². The lowest BCUT2D eigenvalue weighted by atomic mass is 9.96. The zero-order chi connectivity index (χ0) is 12.1. The van der Waals surface area contributed by atoms with Gasteiger partial charge in [0.2, 0.25) is 5.91 Å². The van der Waals surface area contributed by atoms with Crippen molar-refractivity contribution in [3.63, 3.8) is 0 Å². The zero-order valence-electron chi connectivity index (χ0n) is 9.82. The first-order valence-electron chi connectivity index (χ1n) is 5.77. The third-order valence-electron chi connectivity index (χ3n) is 3.11. The number of amides is 1. The fourth-order valence-electron chi connectivity index (χ4n) is 1.98. The van der Waals surface area contributed by atoms with Gasteiger partial charge in [-0.15, -0.1) is 0 Å². The molecule has 0 aromatic carbocycles. The van der Waals surface area contributed by atoms with Crippen molar-refractivity contribution in [2.75, 3.05) is 13.1 Å². The molecular formula is C11H20N2O3. The molecule has 0 aliphatic carbocycles. The lowest BCUT2D eigenvalue weighted by Crippen LogP contribution is -2.41. The third-order valence-corrected chi connectivity index (χ3v) is 3.11. The molecule has 5 heteroatoms. The summed E-state index contributed by atoms with van der Waals surface area (Å²) in [6.45, 7) is 5.46. The van der Waals surface area contributed by atoms with Crippen LogP contribution in [0.25, 0.3) is 0 Å². The van der Waals surface area contributed by atoms with E-state index in [0.717, 1.165) is 6.54 Å². The molecule has 16 heavy (non-hydrogen) atoms. The molecule has 1 heterocycles. The first-order valence-corrected chi connectivity index (χ1v) is 5.77. The number of carboxylic acids is 1. The summed E-state index contributed by atoms with van der Waals surface area (Å²) in [5.41, 5.74) is 0. The van der Waals surface area contributed by atoms with Crippen LogP contribution >= 0.6 is 0 Å². The number of hydrogen-bond donors (Lipinski definition) is 3. The summed E-state index contributed by atoms with van der Waals surface area (Å²) in [6, 6.07) is -0.252. The van der Waals surface area contributed by atoms with Crippen LogP contribution in [0, 0.1) is 11.8 Å². The van der Waals surface area contributed by atoms with Gasteiger partial charge in [-0.25, -0.2) is 0 Å². The minimum absolute atomic E-state index is 0.00320. The van der Waals surface area contributed by atoms with Crippen molar-refractivity contribution in [2.45, 2.75) is 32.7 Å². The molecule has 1 saturated heterocycles. The maximum absolute atomic E-state index is 11.9. The molecule has 1 aliphatic rings. The minimum Gasteiger partial charge on any atom is -0.481 e. The van der Waals surface area contributed by atoms with E-state index in [4.69, 9.17) is 5.11 Å². The van der Waals surface area contributed by atoms with E-state index in [2.05, 4.69) is 10.6 Å². The van der Waals surface area contributed by atoms with Gasteiger partial charge in [-0.3, -0.25) is 9.59 Å². The average molecular weight is 228 g/mol. The van der Waals surface area contributed by atoms with E-state index in [1.807, 2.05) is 13.8 Å². The molecule has 3 unspecified atom stereocenters. The molecule has 92 valence electrons. The second-order valence-corrected chi connectivity index (χ2v) is 4.45. The van der Waals surface area contributed by atoms with Gasteiger partial charge < -0.3 is 15.7 Å². The Morgan fingerprint density at radius 1 is 1.50 bits per heavy atom.